The summed E-state index contributed by atoms with van der Waals surface area (Å²) in [5.74, 6) is 1.43. The van der Waals surface area contributed by atoms with Gasteiger partial charge in [-0.15, -0.1) is 4.59 Å². The van der Waals surface area contributed by atoms with Crippen LogP contribution in [0.15, 0.2) is 17.5 Å². The van der Waals surface area contributed by atoms with Gasteiger partial charge in [0.2, 0.25) is 5.84 Å². The number of quaternary nitrogens is 1. The molecule has 1 spiro atoms. The van der Waals surface area contributed by atoms with Crippen molar-refractivity contribution >= 4 is 11.7 Å². The molecule has 1 aromatic rings. The molecule has 0 unspecified atom stereocenters. The lowest BCUT2D eigenvalue weighted by atomic mass is 10.3. The van der Waals surface area contributed by atoms with Crippen molar-refractivity contribution in [1.29, 1.82) is 0 Å². The number of hydrogen-bond acceptors (Lipinski definition) is 5. The Morgan fingerprint density at radius 2 is 1.94 bits per heavy atom. The van der Waals surface area contributed by atoms with Gasteiger partial charge in [0.1, 0.15) is 13.1 Å². The summed E-state index contributed by atoms with van der Waals surface area (Å²) in [4.78, 5) is 11.0. The van der Waals surface area contributed by atoms with Gasteiger partial charge >= 0.3 is 0 Å². The van der Waals surface area contributed by atoms with Crippen LogP contribution in [0.4, 0.5) is 5.82 Å². The fourth-order valence-electron chi connectivity index (χ4n) is 2.32. The maximum absolute atomic E-state index is 5.90. The molecular formula is C10H15N6+. The number of nitrogens with zero attached hydrogens (tertiary/aromatic N) is 5. The van der Waals surface area contributed by atoms with Crippen LogP contribution in [-0.4, -0.2) is 53.9 Å². The summed E-state index contributed by atoms with van der Waals surface area (Å²) in [6, 6.07) is 0. The Bertz CT molecular complexity index is 446. The molecular weight excluding hydrogens is 204 g/mol. The van der Waals surface area contributed by atoms with Gasteiger partial charge < -0.3 is 5.73 Å². The highest BCUT2D eigenvalue weighted by Gasteiger charge is 2.44. The van der Waals surface area contributed by atoms with Gasteiger partial charge in [0.15, 0.2) is 5.69 Å². The second kappa shape index (κ2) is 3.23. The average molecular weight is 219 g/mol. The van der Waals surface area contributed by atoms with Gasteiger partial charge in [-0.05, 0) is 7.05 Å². The van der Waals surface area contributed by atoms with E-state index in [1.165, 1.54) is 0 Å². The van der Waals surface area contributed by atoms with E-state index in [0.29, 0.717) is 10.4 Å². The third kappa shape index (κ3) is 1.23. The number of amidine groups is 1. The highest BCUT2D eigenvalue weighted by atomic mass is 15.7. The van der Waals surface area contributed by atoms with E-state index in [4.69, 9.17) is 5.73 Å². The Hall–Kier alpha value is -1.53. The summed E-state index contributed by atoms with van der Waals surface area (Å²) in [7, 11) is 2.12. The first kappa shape index (κ1) is 9.68. The highest BCUT2D eigenvalue weighted by molar-refractivity contribution is 6.02. The highest BCUT2D eigenvalue weighted by Crippen LogP contribution is 2.31. The largest absolute Gasteiger partial charge is 0.377 e. The van der Waals surface area contributed by atoms with Crippen molar-refractivity contribution in [3.63, 3.8) is 0 Å². The molecule has 2 N–H and O–H groups in total. The van der Waals surface area contributed by atoms with Crippen LogP contribution >= 0.6 is 0 Å². The number of aromatic nitrogens is 2. The van der Waals surface area contributed by atoms with Crippen molar-refractivity contribution in [2.45, 2.75) is 0 Å². The second-order valence-electron chi connectivity index (χ2n) is 4.39. The van der Waals surface area contributed by atoms with Crippen molar-refractivity contribution < 1.29 is 0 Å². The number of piperazine rings is 1. The summed E-state index contributed by atoms with van der Waals surface area (Å²) in [5.41, 5.74) is 6.66. The lowest BCUT2D eigenvalue weighted by molar-refractivity contribution is 0.160. The average Bonchev–Trinajstić information content (AvgIpc) is 2.58. The number of fused-ring (bicyclic) bond motifs is 2. The SMILES string of the molecule is CN1CC[N+]2(CC1)N=C(N)c1nccnc12. The monoisotopic (exact) mass is 219 g/mol. The van der Waals surface area contributed by atoms with Crippen LogP contribution in [0.2, 0.25) is 0 Å². The quantitative estimate of drug-likeness (QED) is 0.590. The molecule has 16 heavy (non-hydrogen) atoms. The molecule has 1 aromatic heterocycles. The van der Waals surface area contributed by atoms with Crippen LogP contribution < -0.4 is 10.3 Å². The van der Waals surface area contributed by atoms with Gasteiger partial charge in [-0.1, -0.05) is 5.10 Å². The standard InChI is InChI=1S/C10H15N6/c1-15-4-6-16(7-5-15)10-8(9(11)14-16)12-2-3-13-10/h2-3H,4-7H2,1H3,(H2,11,14)/q+1. The van der Waals surface area contributed by atoms with Crippen molar-refractivity contribution in [2.75, 3.05) is 33.2 Å². The van der Waals surface area contributed by atoms with E-state index in [9.17, 15) is 0 Å². The Labute approximate surface area is 94.0 Å². The molecule has 0 bridgehead atoms. The predicted octanol–water partition coefficient (Wildman–Crippen LogP) is -0.637. The lowest BCUT2D eigenvalue weighted by Gasteiger charge is -2.35. The molecule has 2 aliphatic heterocycles. The van der Waals surface area contributed by atoms with Crippen molar-refractivity contribution in [1.82, 2.24) is 19.5 Å². The molecule has 1 fully saturated rings. The van der Waals surface area contributed by atoms with E-state index in [-0.39, 0.29) is 0 Å². The van der Waals surface area contributed by atoms with Crippen molar-refractivity contribution in [3.05, 3.63) is 18.1 Å². The van der Waals surface area contributed by atoms with Crippen LogP contribution in [0.1, 0.15) is 5.69 Å². The first-order chi connectivity index (χ1) is 7.71. The Morgan fingerprint density at radius 1 is 1.25 bits per heavy atom. The third-order valence-corrected chi connectivity index (χ3v) is 3.32. The van der Waals surface area contributed by atoms with Gasteiger partial charge in [-0.2, -0.15) is 4.98 Å². The summed E-state index contributed by atoms with van der Waals surface area (Å²) in [5, 5.41) is 4.56. The maximum Gasteiger partial charge on any atom is 0.284 e. The molecule has 0 radical (unpaired) electrons. The van der Waals surface area contributed by atoms with E-state index in [1.54, 1.807) is 12.4 Å². The summed E-state index contributed by atoms with van der Waals surface area (Å²) < 4.78 is 0.527. The first-order valence-corrected chi connectivity index (χ1v) is 5.44. The minimum atomic E-state index is 0.521. The molecule has 6 heteroatoms. The molecule has 3 rings (SSSR count). The number of nitrogens with two attached hydrogens (primary N) is 1. The zero-order valence-electron chi connectivity index (χ0n) is 9.30. The zero-order chi connectivity index (χ0) is 11.2. The fourth-order valence-corrected chi connectivity index (χ4v) is 2.32. The van der Waals surface area contributed by atoms with Crippen LogP contribution in [0, 0.1) is 0 Å². The molecule has 0 atom stereocenters. The van der Waals surface area contributed by atoms with Crippen molar-refractivity contribution in [3.8, 4) is 0 Å². The van der Waals surface area contributed by atoms with E-state index in [1.807, 2.05) is 0 Å². The summed E-state index contributed by atoms with van der Waals surface area (Å²) in [6.07, 6.45) is 3.38. The second-order valence-corrected chi connectivity index (χ2v) is 4.39. The normalized spacial score (nSPS) is 23.2. The molecule has 0 aromatic carbocycles. The number of rotatable bonds is 0. The molecule has 2 aliphatic rings. The summed E-state index contributed by atoms with van der Waals surface area (Å²) in [6.45, 7) is 3.85. The first-order valence-electron chi connectivity index (χ1n) is 5.44. The maximum atomic E-state index is 5.90. The molecule has 84 valence electrons. The van der Waals surface area contributed by atoms with Gasteiger partial charge in [0.25, 0.3) is 5.82 Å². The van der Waals surface area contributed by atoms with Crippen molar-refractivity contribution in [2.24, 2.45) is 10.8 Å². The molecule has 0 aliphatic carbocycles. The van der Waals surface area contributed by atoms with E-state index in [0.717, 1.165) is 37.7 Å². The molecule has 0 amide bonds. The molecule has 0 saturated carbocycles. The number of hydrogen-bond donors (Lipinski definition) is 1. The van der Waals surface area contributed by atoms with Gasteiger partial charge in [-0.3, -0.25) is 4.90 Å². The van der Waals surface area contributed by atoms with Gasteiger partial charge in [0.05, 0.1) is 19.3 Å². The Kier molecular flexibility index (Phi) is 1.95. The zero-order valence-corrected chi connectivity index (χ0v) is 9.30. The van der Waals surface area contributed by atoms with Crippen LogP contribution in [0.3, 0.4) is 0 Å². The Balaban J connectivity index is 2.05. The topological polar surface area (TPSA) is 67.4 Å². The minimum absolute atomic E-state index is 0.521. The predicted molar refractivity (Wildman–Crippen MR) is 61.8 cm³/mol. The number of likely N-dealkylation sites (N-methyl/N-ethyl adjacent to an activating group) is 1. The lowest BCUT2D eigenvalue weighted by Crippen LogP contribution is -2.56. The minimum Gasteiger partial charge on any atom is -0.377 e. The van der Waals surface area contributed by atoms with E-state index >= 15 is 0 Å². The van der Waals surface area contributed by atoms with Crippen LogP contribution in [0.5, 0.6) is 0 Å². The van der Waals surface area contributed by atoms with E-state index < -0.39 is 0 Å². The summed E-state index contributed by atoms with van der Waals surface area (Å²) >= 11 is 0. The van der Waals surface area contributed by atoms with E-state index in [2.05, 4.69) is 27.0 Å². The third-order valence-electron chi connectivity index (χ3n) is 3.32. The van der Waals surface area contributed by atoms with Crippen LogP contribution in [0.25, 0.3) is 0 Å². The molecule has 3 heterocycles. The van der Waals surface area contributed by atoms with Gasteiger partial charge in [-0.25, -0.2) is 4.98 Å². The smallest absolute Gasteiger partial charge is 0.284 e. The fraction of sp³-hybridized carbons (Fsp3) is 0.500. The molecule has 6 nitrogen and oxygen atoms in total. The van der Waals surface area contributed by atoms with Crippen LogP contribution in [-0.2, 0) is 0 Å². The Morgan fingerprint density at radius 3 is 2.69 bits per heavy atom. The van der Waals surface area contributed by atoms with Gasteiger partial charge in [0, 0.05) is 6.20 Å². The molecule has 1 saturated heterocycles.